The molecule has 1 aliphatic rings. The molecule has 0 spiro atoms. The Labute approximate surface area is 182 Å². The van der Waals surface area contributed by atoms with Crippen LogP contribution in [-0.2, 0) is 14.8 Å². The summed E-state index contributed by atoms with van der Waals surface area (Å²) in [5.74, 6) is 0.303. The van der Waals surface area contributed by atoms with E-state index in [1.165, 1.54) is 6.26 Å². The van der Waals surface area contributed by atoms with Gasteiger partial charge in [-0.25, -0.2) is 13.2 Å². The number of piperazine rings is 1. The Kier molecular flexibility index (Phi) is 8.02. The lowest BCUT2D eigenvalue weighted by atomic mass is 10.0. The van der Waals surface area contributed by atoms with Gasteiger partial charge < -0.3 is 14.5 Å². The van der Waals surface area contributed by atoms with E-state index < -0.39 is 15.6 Å². The molecule has 0 bridgehead atoms. The second-order valence-corrected chi connectivity index (χ2v) is 10.8. The number of rotatable bonds is 7. The van der Waals surface area contributed by atoms with Crippen LogP contribution in [0, 0.1) is 5.92 Å². The van der Waals surface area contributed by atoms with Gasteiger partial charge in [0.05, 0.1) is 17.6 Å². The predicted molar refractivity (Wildman–Crippen MR) is 123 cm³/mol. The molecule has 1 heterocycles. The van der Waals surface area contributed by atoms with Gasteiger partial charge in [-0.1, -0.05) is 38.8 Å². The van der Waals surface area contributed by atoms with E-state index in [1.54, 1.807) is 9.21 Å². The summed E-state index contributed by atoms with van der Waals surface area (Å²) in [7, 11) is -3.42. The zero-order chi connectivity index (χ0) is 22.5. The molecule has 1 aliphatic heterocycles. The van der Waals surface area contributed by atoms with E-state index in [4.69, 9.17) is 4.74 Å². The minimum Gasteiger partial charge on any atom is -0.444 e. The molecule has 0 N–H and O–H groups in total. The summed E-state index contributed by atoms with van der Waals surface area (Å²) >= 11 is 0. The molecule has 1 aromatic carbocycles. The van der Waals surface area contributed by atoms with Crippen LogP contribution in [0.5, 0.6) is 0 Å². The van der Waals surface area contributed by atoms with Gasteiger partial charge in [0, 0.05) is 32.7 Å². The molecule has 2 rings (SSSR count). The maximum atomic E-state index is 12.6. The summed E-state index contributed by atoms with van der Waals surface area (Å²) in [5, 5.41) is 0. The maximum Gasteiger partial charge on any atom is 0.410 e. The molecular weight excluding hydrogens is 402 g/mol. The molecule has 0 atom stereocenters. The number of sulfonamides is 1. The number of ether oxygens (including phenoxy) is 1. The van der Waals surface area contributed by atoms with Crippen molar-refractivity contribution in [1.29, 1.82) is 0 Å². The number of benzene rings is 1. The number of hydrogen-bond donors (Lipinski definition) is 0. The Hall–Kier alpha value is -1.96. The lowest BCUT2D eigenvalue weighted by Crippen LogP contribution is -2.50. The summed E-state index contributed by atoms with van der Waals surface area (Å²) in [6, 6.07) is 7.64. The molecule has 30 heavy (non-hydrogen) atoms. The number of hydrogen-bond acceptors (Lipinski definition) is 5. The van der Waals surface area contributed by atoms with Crippen LogP contribution >= 0.6 is 0 Å². The molecule has 8 heteroatoms. The van der Waals surface area contributed by atoms with Crippen molar-refractivity contribution in [3.05, 3.63) is 24.3 Å². The zero-order valence-corrected chi connectivity index (χ0v) is 20.0. The van der Waals surface area contributed by atoms with Crippen molar-refractivity contribution >= 4 is 27.5 Å². The second-order valence-electron chi connectivity index (χ2n) is 8.92. The Morgan fingerprint density at radius 3 is 2.17 bits per heavy atom. The molecule has 170 valence electrons. The van der Waals surface area contributed by atoms with Crippen molar-refractivity contribution in [2.75, 3.05) is 48.2 Å². The van der Waals surface area contributed by atoms with Gasteiger partial charge in [0.15, 0.2) is 0 Å². The molecule has 1 aromatic rings. The fourth-order valence-electron chi connectivity index (χ4n) is 3.59. The third-order valence-corrected chi connectivity index (χ3v) is 6.55. The van der Waals surface area contributed by atoms with Crippen molar-refractivity contribution in [2.24, 2.45) is 5.92 Å². The minimum atomic E-state index is -3.42. The van der Waals surface area contributed by atoms with Gasteiger partial charge in [0.2, 0.25) is 10.0 Å². The third kappa shape index (κ3) is 6.52. The van der Waals surface area contributed by atoms with Gasteiger partial charge in [-0.05, 0) is 38.8 Å². The summed E-state index contributed by atoms with van der Waals surface area (Å²) < 4.78 is 32.3. The largest absolute Gasteiger partial charge is 0.444 e. The first-order chi connectivity index (χ1) is 14.0. The minimum absolute atomic E-state index is 0.303. The molecule has 0 saturated carbocycles. The van der Waals surface area contributed by atoms with Crippen LogP contribution < -0.4 is 9.21 Å². The quantitative estimate of drug-likeness (QED) is 0.643. The van der Waals surface area contributed by atoms with Gasteiger partial charge >= 0.3 is 6.09 Å². The first-order valence-electron chi connectivity index (χ1n) is 10.8. The Balaban J connectivity index is 2.21. The molecule has 0 aromatic heterocycles. The number of para-hydroxylation sites is 2. The fraction of sp³-hybridized carbons (Fsp3) is 0.682. The predicted octanol–water partition coefficient (Wildman–Crippen LogP) is 3.95. The standard InChI is InChI=1S/C22H37N3O4S/c1-7-18(8-2)17-25(30(6,27)28)20-12-10-9-11-19(20)23-13-15-24(16-14-23)21(26)29-22(3,4)5/h9-12,18H,7-8,13-17H2,1-6H3. The Morgan fingerprint density at radius 2 is 1.67 bits per heavy atom. The smallest absolute Gasteiger partial charge is 0.410 e. The number of carbonyl (C=O) groups excluding carboxylic acids is 1. The van der Waals surface area contributed by atoms with Crippen LogP contribution in [0.1, 0.15) is 47.5 Å². The first-order valence-corrected chi connectivity index (χ1v) is 12.6. The van der Waals surface area contributed by atoms with E-state index in [1.807, 2.05) is 45.0 Å². The Bertz CT molecular complexity index is 808. The van der Waals surface area contributed by atoms with Crippen LogP contribution in [0.2, 0.25) is 0 Å². The SMILES string of the molecule is CCC(CC)CN(c1ccccc1N1CCN(C(=O)OC(C)(C)C)CC1)S(C)(=O)=O. The highest BCUT2D eigenvalue weighted by Gasteiger charge is 2.29. The topological polar surface area (TPSA) is 70.2 Å². The summed E-state index contributed by atoms with van der Waals surface area (Å²) in [4.78, 5) is 16.2. The van der Waals surface area contributed by atoms with E-state index in [0.29, 0.717) is 44.3 Å². The number of anilines is 2. The van der Waals surface area contributed by atoms with Crippen molar-refractivity contribution in [2.45, 2.75) is 53.1 Å². The number of amides is 1. The van der Waals surface area contributed by atoms with Gasteiger partial charge in [-0.2, -0.15) is 0 Å². The molecule has 1 amide bonds. The molecule has 1 fully saturated rings. The van der Waals surface area contributed by atoms with Crippen LogP contribution in [-0.4, -0.2) is 64.0 Å². The summed E-state index contributed by atoms with van der Waals surface area (Å²) in [5.41, 5.74) is 1.07. The van der Waals surface area contributed by atoms with E-state index in [9.17, 15) is 13.2 Å². The molecule has 1 saturated heterocycles. The van der Waals surface area contributed by atoms with Crippen LogP contribution in [0.3, 0.4) is 0 Å². The van der Waals surface area contributed by atoms with Gasteiger partial charge in [-0.3, -0.25) is 4.31 Å². The zero-order valence-electron chi connectivity index (χ0n) is 19.2. The normalized spacial score (nSPS) is 15.4. The highest BCUT2D eigenvalue weighted by atomic mass is 32.2. The molecular formula is C22H37N3O4S. The molecule has 0 radical (unpaired) electrons. The summed E-state index contributed by atoms with van der Waals surface area (Å²) in [6.07, 6.45) is 2.83. The average Bonchev–Trinajstić information content (AvgIpc) is 2.67. The number of carbonyl (C=O) groups is 1. The van der Waals surface area contributed by atoms with E-state index in [0.717, 1.165) is 18.5 Å². The fourth-order valence-corrected chi connectivity index (χ4v) is 4.59. The lowest BCUT2D eigenvalue weighted by Gasteiger charge is -2.38. The lowest BCUT2D eigenvalue weighted by molar-refractivity contribution is 0.0240. The third-order valence-electron chi connectivity index (χ3n) is 5.40. The highest BCUT2D eigenvalue weighted by Crippen LogP contribution is 2.33. The number of nitrogens with zero attached hydrogens (tertiary/aromatic N) is 3. The molecule has 0 aliphatic carbocycles. The van der Waals surface area contributed by atoms with Crippen molar-refractivity contribution in [1.82, 2.24) is 4.90 Å². The van der Waals surface area contributed by atoms with Gasteiger partial charge in [0.1, 0.15) is 5.60 Å². The second kappa shape index (κ2) is 9.90. The molecule has 7 nitrogen and oxygen atoms in total. The van der Waals surface area contributed by atoms with E-state index in [2.05, 4.69) is 18.7 Å². The van der Waals surface area contributed by atoms with E-state index in [-0.39, 0.29) is 6.09 Å². The van der Waals surface area contributed by atoms with Gasteiger partial charge in [0.25, 0.3) is 0 Å². The maximum absolute atomic E-state index is 12.6. The van der Waals surface area contributed by atoms with Crippen LogP contribution in [0.25, 0.3) is 0 Å². The van der Waals surface area contributed by atoms with Crippen molar-refractivity contribution in [3.8, 4) is 0 Å². The van der Waals surface area contributed by atoms with Gasteiger partial charge in [-0.15, -0.1) is 0 Å². The van der Waals surface area contributed by atoms with Crippen LogP contribution in [0.15, 0.2) is 24.3 Å². The monoisotopic (exact) mass is 439 g/mol. The van der Waals surface area contributed by atoms with E-state index >= 15 is 0 Å². The first kappa shape index (κ1) is 24.3. The highest BCUT2D eigenvalue weighted by molar-refractivity contribution is 7.92. The Morgan fingerprint density at radius 1 is 1.10 bits per heavy atom. The van der Waals surface area contributed by atoms with Crippen molar-refractivity contribution < 1.29 is 17.9 Å². The molecule has 0 unspecified atom stereocenters. The van der Waals surface area contributed by atoms with Crippen molar-refractivity contribution in [3.63, 3.8) is 0 Å². The average molecular weight is 440 g/mol. The summed E-state index contributed by atoms with van der Waals surface area (Å²) in [6.45, 7) is 12.6. The van der Waals surface area contributed by atoms with Crippen LogP contribution in [0.4, 0.5) is 16.2 Å².